The number of carbonyl (C=O) groups excluding carboxylic acids is 1. The van der Waals surface area contributed by atoms with E-state index in [9.17, 15) is 19.3 Å². The predicted octanol–water partition coefficient (Wildman–Crippen LogP) is 2.72. The predicted molar refractivity (Wildman–Crippen MR) is 76.4 cm³/mol. The summed E-state index contributed by atoms with van der Waals surface area (Å²) in [5.41, 5.74) is 4.73. The van der Waals surface area contributed by atoms with Crippen LogP contribution >= 0.6 is 0 Å². The van der Waals surface area contributed by atoms with Gasteiger partial charge in [-0.05, 0) is 25.3 Å². The average molecular weight is 295 g/mol. The van der Waals surface area contributed by atoms with Crippen molar-refractivity contribution in [2.24, 2.45) is 0 Å². The molecule has 0 heterocycles. The van der Waals surface area contributed by atoms with E-state index in [0.29, 0.717) is 6.54 Å². The van der Waals surface area contributed by atoms with Crippen molar-refractivity contribution in [1.82, 2.24) is 4.90 Å². The number of anilines is 1. The summed E-state index contributed by atoms with van der Waals surface area (Å²) in [6.45, 7) is 2.57. The zero-order chi connectivity index (χ0) is 15.6. The monoisotopic (exact) mass is 295 g/mol. The van der Waals surface area contributed by atoms with Gasteiger partial charge in [-0.15, -0.1) is 0 Å². The maximum absolute atomic E-state index is 13.5. The molecule has 1 aliphatic rings. The Morgan fingerprint density at radius 1 is 1.52 bits per heavy atom. The third-order valence-electron chi connectivity index (χ3n) is 3.55. The summed E-state index contributed by atoms with van der Waals surface area (Å²) in [5.74, 6) is -1.25. The molecule has 0 aliphatic heterocycles. The summed E-state index contributed by atoms with van der Waals surface area (Å²) in [4.78, 5) is 24.3. The van der Waals surface area contributed by atoms with E-state index in [1.807, 2.05) is 6.92 Å². The molecule has 1 aromatic rings. The summed E-state index contributed by atoms with van der Waals surface area (Å²) >= 11 is 0. The van der Waals surface area contributed by atoms with Crippen molar-refractivity contribution < 1.29 is 14.1 Å². The molecule has 0 unspecified atom stereocenters. The molecule has 2 rings (SSSR count). The van der Waals surface area contributed by atoms with Crippen LogP contribution in [0.5, 0.6) is 0 Å². The van der Waals surface area contributed by atoms with Gasteiger partial charge in [0.2, 0.25) is 0 Å². The lowest BCUT2D eigenvalue weighted by atomic mass is 10.1. The summed E-state index contributed by atoms with van der Waals surface area (Å²) in [7, 11) is 0. The molecule has 0 aromatic heterocycles. The number of carbonyl (C=O) groups is 1. The highest BCUT2D eigenvalue weighted by Gasteiger charge is 2.34. The molecule has 1 aliphatic carbocycles. The van der Waals surface area contributed by atoms with Gasteiger partial charge in [0.05, 0.1) is 16.6 Å². The number of nitrogens with zero attached hydrogens (tertiary/aromatic N) is 2. The average Bonchev–Trinajstić information content (AvgIpc) is 3.25. The fraction of sp³-hybridized carbons (Fsp3) is 0.500. The van der Waals surface area contributed by atoms with E-state index in [1.54, 1.807) is 4.90 Å². The Kier molecular flexibility index (Phi) is 4.40. The molecule has 6 nitrogen and oxygen atoms in total. The van der Waals surface area contributed by atoms with Gasteiger partial charge >= 0.3 is 0 Å². The molecule has 0 saturated heterocycles. The number of nitro benzene ring substituents is 1. The minimum absolute atomic E-state index is 0.121. The van der Waals surface area contributed by atoms with Crippen LogP contribution in [0.25, 0.3) is 0 Å². The third kappa shape index (κ3) is 3.29. The van der Waals surface area contributed by atoms with Crippen LogP contribution in [0, 0.1) is 15.9 Å². The molecule has 7 heteroatoms. The first kappa shape index (κ1) is 15.2. The van der Waals surface area contributed by atoms with Gasteiger partial charge < -0.3 is 10.6 Å². The molecule has 1 amide bonds. The molecule has 0 bridgehead atoms. The van der Waals surface area contributed by atoms with Crippen LogP contribution in [0.1, 0.15) is 43.0 Å². The largest absolute Gasteiger partial charge is 0.393 e. The summed E-state index contributed by atoms with van der Waals surface area (Å²) in [6.07, 6.45) is 3.58. The van der Waals surface area contributed by atoms with Gasteiger partial charge in [-0.2, -0.15) is 0 Å². The first-order valence-electron chi connectivity index (χ1n) is 7.00. The zero-order valence-corrected chi connectivity index (χ0v) is 11.8. The summed E-state index contributed by atoms with van der Waals surface area (Å²) in [5, 5.41) is 10.9. The van der Waals surface area contributed by atoms with E-state index in [-0.39, 0.29) is 17.3 Å². The molecule has 2 N–H and O–H groups in total. The van der Waals surface area contributed by atoms with Crippen molar-refractivity contribution in [3.05, 3.63) is 33.6 Å². The fourth-order valence-electron chi connectivity index (χ4n) is 2.25. The number of halogens is 1. The molecule has 0 radical (unpaired) electrons. The Morgan fingerprint density at radius 3 is 2.71 bits per heavy atom. The normalized spacial score (nSPS) is 14.0. The minimum atomic E-state index is -0.828. The maximum atomic E-state index is 13.5. The highest BCUT2D eigenvalue weighted by molar-refractivity contribution is 6.01. The maximum Gasteiger partial charge on any atom is 0.295 e. The van der Waals surface area contributed by atoms with Crippen LogP contribution in [0.2, 0.25) is 0 Å². The van der Waals surface area contributed by atoms with Gasteiger partial charge in [-0.3, -0.25) is 14.9 Å². The lowest BCUT2D eigenvalue weighted by molar-refractivity contribution is -0.384. The van der Waals surface area contributed by atoms with E-state index in [2.05, 4.69) is 0 Å². The second kappa shape index (κ2) is 6.07. The van der Waals surface area contributed by atoms with E-state index in [4.69, 9.17) is 5.73 Å². The van der Waals surface area contributed by atoms with Gasteiger partial charge in [-0.25, -0.2) is 4.39 Å². The number of nitrogens with two attached hydrogens (primary N) is 1. The Hall–Kier alpha value is -2.18. The van der Waals surface area contributed by atoms with E-state index >= 15 is 0 Å². The number of benzene rings is 1. The molecule has 21 heavy (non-hydrogen) atoms. The highest BCUT2D eigenvalue weighted by atomic mass is 19.1. The number of amides is 1. The van der Waals surface area contributed by atoms with E-state index in [1.165, 1.54) is 0 Å². The number of hydrogen-bond acceptors (Lipinski definition) is 4. The lowest BCUT2D eigenvalue weighted by Gasteiger charge is -2.23. The SMILES string of the molecule is CCCCN(C(=O)c1cc(F)cc([N+](=O)[O-])c1N)C1CC1. The van der Waals surface area contributed by atoms with Gasteiger partial charge in [0.15, 0.2) is 0 Å². The second-order valence-electron chi connectivity index (χ2n) is 5.23. The van der Waals surface area contributed by atoms with Crippen molar-refractivity contribution in [1.29, 1.82) is 0 Å². The lowest BCUT2D eigenvalue weighted by Crippen LogP contribution is -2.34. The Labute approximate surface area is 121 Å². The van der Waals surface area contributed by atoms with Gasteiger partial charge in [-0.1, -0.05) is 13.3 Å². The Balaban J connectivity index is 2.35. The summed E-state index contributed by atoms with van der Waals surface area (Å²) < 4.78 is 13.5. The van der Waals surface area contributed by atoms with Crippen LogP contribution in [-0.4, -0.2) is 28.3 Å². The van der Waals surface area contributed by atoms with E-state index < -0.39 is 22.3 Å². The zero-order valence-electron chi connectivity index (χ0n) is 11.8. The first-order valence-corrected chi connectivity index (χ1v) is 7.00. The van der Waals surface area contributed by atoms with Crippen LogP contribution in [0.4, 0.5) is 15.8 Å². The Morgan fingerprint density at radius 2 is 2.19 bits per heavy atom. The van der Waals surface area contributed by atoms with Gasteiger partial charge in [0, 0.05) is 12.6 Å². The number of rotatable bonds is 6. The number of nitro groups is 1. The fourth-order valence-corrected chi connectivity index (χ4v) is 2.25. The molecular formula is C14H18FN3O3. The minimum Gasteiger partial charge on any atom is -0.393 e. The van der Waals surface area contributed by atoms with Crippen molar-refractivity contribution in [3.63, 3.8) is 0 Å². The highest BCUT2D eigenvalue weighted by Crippen LogP contribution is 2.32. The van der Waals surface area contributed by atoms with Crippen molar-refractivity contribution in [2.45, 2.75) is 38.6 Å². The Bertz CT molecular complexity index is 573. The topological polar surface area (TPSA) is 89.5 Å². The second-order valence-corrected chi connectivity index (χ2v) is 5.23. The van der Waals surface area contributed by atoms with Crippen LogP contribution < -0.4 is 5.73 Å². The smallest absolute Gasteiger partial charge is 0.295 e. The van der Waals surface area contributed by atoms with E-state index in [0.717, 1.165) is 37.8 Å². The third-order valence-corrected chi connectivity index (χ3v) is 3.55. The van der Waals surface area contributed by atoms with Crippen LogP contribution in [0.15, 0.2) is 12.1 Å². The van der Waals surface area contributed by atoms with Gasteiger partial charge in [0.1, 0.15) is 11.5 Å². The quantitative estimate of drug-likeness (QED) is 0.496. The van der Waals surface area contributed by atoms with Crippen LogP contribution in [-0.2, 0) is 0 Å². The molecule has 0 atom stereocenters. The van der Waals surface area contributed by atoms with Crippen molar-refractivity contribution >= 4 is 17.3 Å². The molecule has 1 fully saturated rings. The molecule has 1 aromatic carbocycles. The molecule has 1 saturated carbocycles. The van der Waals surface area contributed by atoms with Gasteiger partial charge in [0.25, 0.3) is 11.6 Å². The first-order chi connectivity index (χ1) is 9.95. The number of unbranched alkanes of at least 4 members (excludes halogenated alkanes) is 1. The number of hydrogen-bond donors (Lipinski definition) is 1. The standard InChI is InChI=1S/C14H18FN3O3/c1-2-3-6-17(10-4-5-10)14(19)11-7-9(15)8-12(13(11)16)18(20)21/h7-8,10H,2-6,16H2,1H3. The van der Waals surface area contributed by atoms with Crippen molar-refractivity contribution in [2.75, 3.05) is 12.3 Å². The molecular weight excluding hydrogens is 277 g/mol. The molecule has 114 valence electrons. The van der Waals surface area contributed by atoms with Crippen molar-refractivity contribution in [3.8, 4) is 0 Å². The number of nitrogen functional groups attached to an aromatic ring is 1. The van der Waals surface area contributed by atoms with Crippen LogP contribution in [0.3, 0.4) is 0 Å². The summed E-state index contributed by atoms with van der Waals surface area (Å²) in [6, 6.07) is 1.86. The molecule has 0 spiro atoms.